The molecule has 0 aliphatic heterocycles. The number of rotatable bonds is 6. The summed E-state index contributed by atoms with van der Waals surface area (Å²) in [6.07, 6.45) is 5.06. The van der Waals surface area contributed by atoms with Crippen LogP contribution in [0.15, 0.2) is 25.3 Å². The molecule has 1 heteroatoms. The SMILES string of the molecule is C=CCN(CC=C)C(C)CC. The molecule has 0 aromatic heterocycles. The van der Waals surface area contributed by atoms with Gasteiger partial charge in [-0.1, -0.05) is 19.1 Å². The molecule has 0 aliphatic carbocycles. The van der Waals surface area contributed by atoms with Gasteiger partial charge in [0.1, 0.15) is 0 Å². The first-order chi connectivity index (χ1) is 5.26. The van der Waals surface area contributed by atoms with Crippen molar-refractivity contribution >= 4 is 0 Å². The fourth-order valence-corrected chi connectivity index (χ4v) is 1.02. The van der Waals surface area contributed by atoms with E-state index in [-0.39, 0.29) is 0 Å². The van der Waals surface area contributed by atoms with Gasteiger partial charge < -0.3 is 0 Å². The van der Waals surface area contributed by atoms with E-state index in [1.807, 2.05) is 12.2 Å². The van der Waals surface area contributed by atoms with E-state index in [2.05, 4.69) is 31.9 Å². The van der Waals surface area contributed by atoms with Gasteiger partial charge in [-0.15, -0.1) is 13.2 Å². The fraction of sp³-hybridized carbons (Fsp3) is 0.600. The topological polar surface area (TPSA) is 3.24 Å². The van der Waals surface area contributed by atoms with Gasteiger partial charge >= 0.3 is 0 Å². The Morgan fingerprint density at radius 3 is 2.00 bits per heavy atom. The summed E-state index contributed by atoms with van der Waals surface area (Å²) in [6, 6.07) is 0.631. The molecule has 0 fully saturated rings. The summed E-state index contributed by atoms with van der Waals surface area (Å²) in [7, 11) is 0. The van der Waals surface area contributed by atoms with E-state index in [0.717, 1.165) is 13.1 Å². The predicted octanol–water partition coefficient (Wildman–Crippen LogP) is 2.46. The molecule has 64 valence electrons. The quantitative estimate of drug-likeness (QED) is 0.530. The third kappa shape index (κ3) is 3.99. The molecule has 1 nitrogen and oxygen atoms in total. The molecule has 1 unspecified atom stereocenters. The molecule has 0 spiro atoms. The smallest absolute Gasteiger partial charge is 0.0166 e. The van der Waals surface area contributed by atoms with E-state index in [1.165, 1.54) is 6.42 Å². The molecule has 0 bridgehead atoms. The van der Waals surface area contributed by atoms with Crippen molar-refractivity contribution in [3.63, 3.8) is 0 Å². The highest BCUT2D eigenvalue weighted by Gasteiger charge is 2.06. The Kier molecular flexibility index (Phi) is 5.86. The van der Waals surface area contributed by atoms with Gasteiger partial charge in [-0.3, -0.25) is 4.90 Å². The van der Waals surface area contributed by atoms with E-state index in [0.29, 0.717) is 6.04 Å². The van der Waals surface area contributed by atoms with Crippen LogP contribution in [-0.4, -0.2) is 24.0 Å². The molecule has 11 heavy (non-hydrogen) atoms. The van der Waals surface area contributed by atoms with E-state index in [1.54, 1.807) is 0 Å². The Morgan fingerprint density at radius 1 is 1.27 bits per heavy atom. The zero-order valence-corrected chi connectivity index (χ0v) is 7.71. The van der Waals surface area contributed by atoms with Crippen LogP contribution in [0.5, 0.6) is 0 Å². The minimum Gasteiger partial charge on any atom is -0.293 e. The average molecular weight is 153 g/mol. The van der Waals surface area contributed by atoms with Crippen LogP contribution in [0.2, 0.25) is 0 Å². The maximum absolute atomic E-state index is 3.72. The van der Waals surface area contributed by atoms with Crippen molar-refractivity contribution in [3.05, 3.63) is 25.3 Å². The summed E-state index contributed by atoms with van der Waals surface area (Å²) in [4.78, 5) is 2.35. The summed E-state index contributed by atoms with van der Waals surface area (Å²) in [6.45, 7) is 13.8. The largest absolute Gasteiger partial charge is 0.293 e. The number of hydrogen-bond donors (Lipinski definition) is 0. The highest BCUT2D eigenvalue weighted by atomic mass is 15.1. The van der Waals surface area contributed by atoms with Gasteiger partial charge in [-0.2, -0.15) is 0 Å². The Bertz CT molecular complexity index is 108. The lowest BCUT2D eigenvalue weighted by molar-refractivity contribution is 0.250. The standard InChI is InChI=1S/C10H19N/c1-5-8-11(9-6-2)10(4)7-3/h5-6,10H,1-2,7-9H2,3-4H3. The van der Waals surface area contributed by atoms with E-state index < -0.39 is 0 Å². The maximum Gasteiger partial charge on any atom is 0.0166 e. The van der Waals surface area contributed by atoms with Gasteiger partial charge in [0.25, 0.3) is 0 Å². The van der Waals surface area contributed by atoms with Crippen LogP contribution in [0.4, 0.5) is 0 Å². The molecule has 0 saturated heterocycles. The molecule has 0 aromatic carbocycles. The summed E-state index contributed by atoms with van der Waals surface area (Å²) in [5.74, 6) is 0. The van der Waals surface area contributed by atoms with Crippen LogP contribution in [0.3, 0.4) is 0 Å². The van der Waals surface area contributed by atoms with Crippen molar-refractivity contribution in [3.8, 4) is 0 Å². The van der Waals surface area contributed by atoms with Gasteiger partial charge in [0.15, 0.2) is 0 Å². The first kappa shape index (κ1) is 10.4. The van der Waals surface area contributed by atoms with Crippen molar-refractivity contribution in [1.29, 1.82) is 0 Å². The minimum atomic E-state index is 0.631. The molecule has 0 N–H and O–H groups in total. The second kappa shape index (κ2) is 6.17. The third-order valence-corrected chi connectivity index (χ3v) is 1.94. The summed E-state index contributed by atoms with van der Waals surface area (Å²) in [5.41, 5.74) is 0. The molecule has 0 amide bonds. The Labute approximate surface area is 70.4 Å². The summed E-state index contributed by atoms with van der Waals surface area (Å²) < 4.78 is 0. The van der Waals surface area contributed by atoms with Gasteiger partial charge in [0.05, 0.1) is 0 Å². The Balaban J connectivity index is 3.84. The number of hydrogen-bond acceptors (Lipinski definition) is 1. The van der Waals surface area contributed by atoms with Crippen molar-refractivity contribution < 1.29 is 0 Å². The Hall–Kier alpha value is -0.560. The average Bonchev–Trinajstić information content (AvgIpc) is 2.03. The third-order valence-electron chi connectivity index (χ3n) is 1.94. The fourth-order valence-electron chi connectivity index (χ4n) is 1.02. The zero-order chi connectivity index (χ0) is 8.69. The molecule has 0 aromatic rings. The lowest BCUT2D eigenvalue weighted by Gasteiger charge is -2.25. The Morgan fingerprint density at radius 2 is 1.73 bits per heavy atom. The van der Waals surface area contributed by atoms with Crippen LogP contribution >= 0.6 is 0 Å². The van der Waals surface area contributed by atoms with Crippen LogP contribution < -0.4 is 0 Å². The molecule has 0 saturated carbocycles. The highest BCUT2D eigenvalue weighted by Crippen LogP contribution is 2.02. The maximum atomic E-state index is 3.72. The first-order valence-corrected chi connectivity index (χ1v) is 4.22. The van der Waals surface area contributed by atoms with Crippen molar-refractivity contribution in [2.24, 2.45) is 0 Å². The molecule has 0 radical (unpaired) electrons. The van der Waals surface area contributed by atoms with Crippen LogP contribution in [0, 0.1) is 0 Å². The van der Waals surface area contributed by atoms with Crippen molar-refractivity contribution in [1.82, 2.24) is 4.90 Å². The molecule has 1 atom stereocenters. The lowest BCUT2D eigenvalue weighted by Crippen LogP contribution is -2.32. The zero-order valence-electron chi connectivity index (χ0n) is 7.71. The number of nitrogens with zero attached hydrogens (tertiary/aromatic N) is 1. The molecule has 0 heterocycles. The predicted molar refractivity (Wildman–Crippen MR) is 51.7 cm³/mol. The molecule has 0 rings (SSSR count). The van der Waals surface area contributed by atoms with Gasteiger partial charge in [0.2, 0.25) is 0 Å². The van der Waals surface area contributed by atoms with Crippen LogP contribution in [-0.2, 0) is 0 Å². The van der Waals surface area contributed by atoms with Crippen LogP contribution in [0.1, 0.15) is 20.3 Å². The molecule has 0 aliphatic rings. The van der Waals surface area contributed by atoms with E-state index in [9.17, 15) is 0 Å². The first-order valence-electron chi connectivity index (χ1n) is 4.22. The van der Waals surface area contributed by atoms with Gasteiger partial charge in [-0.25, -0.2) is 0 Å². The normalized spacial score (nSPS) is 13.0. The monoisotopic (exact) mass is 153 g/mol. The minimum absolute atomic E-state index is 0.631. The van der Waals surface area contributed by atoms with Crippen molar-refractivity contribution in [2.75, 3.05) is 13.1 Å². The summed E-state index contributed by atoms with van der Waals surface area (Å²) >= 11 is 0. The molecular weight excluding hydrogens is 134 g/mol. The van der Waals surface area contributed by atoms with Gasteiger partial charge in [0, 0.05) is 19.1 Å². The lowest BCUT2D eigenvalue weighted by atomic mass is 10.2. The highest BCUT2D eigenvalue weighted by molar-refractivity contribution is 4.82. The second-order valence-electron chi connectivity index (χ2n) is 2.79. The van der Waals surface area contributed by atoms with Crippen LogP contribution in [0.25, 0.3) is 0 Å². The van der Waals surface area contributed by atoms with Gasteiger partial charge in [-0.05, 0) is 13.3 Å². The van der Waals surface area contributed by atoms with E-state index in [4.69, 9.17) is 0 Å². The van der Waals surface area contributed by atoms with Crippen molar-refractivity contribution in [2.45, 2.75) is 26.3 Å². The molecular formula is C10H19N. The second-order valence-corrected chi connectivity index (χ2v) is 2.79. The summed E-state index contributed by atoms with van der Waals surface area (Å²) in [5, 5.41) is 0. The van der Waals surface area contributed by atoms with E-state index >= 15 is 0 Å².